The second-order valence-corrected chi connectivity index (χ2v) is 10.5. The molecule has 1 atom stereocenters. The maximum Gasteiger partial charge on any atom is 0.587 e. The fourth-order valence-corrected chi connectivity index (χ4v) is 4.73. The van der Waals surface area contributed by atoms with Crippen molar-refractivity contribution in [1.29, 1.82) is 0 Å². The molecule has 0 heterocycles. The van der Waals surface area contributed by atoms with Crippen molar-refractivity contribution in [3.8, 4) is 11.5 Å². The monoisotopic (exact) mass is 548 g/mol. The molecule has 0 amide bonds. The maximum absolute atomic E-state index is 13.6. The van der Waals surface area contributed by atoms with Crippen molar-refractivity contribution >= 4 is 19.8 Å². The predicted octanol–water partition coefficient (Wildman–Crippen LogP) is 7.66. The Labute approximate surface area is 226 Å². The van der Waals surface area contributed by atoms with Gasteiger partial charge in [-0.05, 0) is 37.1 Å². The van der Waals surface area contributed by atoms with E-state index in [1.165, 1.54) is 0 Å². The van der Waals surface area contributed by atoms with Crippen molar-refractivity contribution in [2.24, 2.45) is 0 Å². The molecule has 0 radical (unpaired) electrons. The van der Waals surface area contributed by atoms with E-state index in [1.807, 2.05) is 0 Å². The van der Waals surface area contributed by atoms with E-state index < -0.39 is 19.9 Å². The topological polar surface area (TPSA) is 97.4 Å². The van der Waals surface area contributed by atoms with Crippen LogP contribution in [0.2, 0.25) is 0 Å². The molecular weight excluding hydrogens is 507 g/mol. The van der Waals surface area contributed by atoms with Crippen LogP contribution in [-0.4, -0.2) is 31.3 Å². The normalized spacial score (nSPS) is 11.9. The minimum absolute atomic E-state index is 0.218. The number of para-hydroxylation sites is 2. The average Bonchev–Trinajstić information content (AvgIpc) is 2.92. The Bertz CT molecular complexity index is 922. The van der Waals surface area contributed by atoms with Crippen LogP contribution in [-0.2, 0) is 28.2 Å². The lowest BCUT2D eigenvalue weighted by molar-refractivity contribution is -0.161. The summed E-state index contributed by atoms with van der Waals surface area (Å²) in [5.41, 5.74) is 0. The third-order valence-electron chi connectivity index (χ3n) is 5.54. The van der Waals surface area contributed by atoms with Crippen LogP contribution >= 0.6 is 7.82 Å². The number of ether oxygens (including phenoxy) is 2. The molecule has 0 unspecified atom stereocenters. The maximum atomic E-state index is 13.6. The lowest BCUT2D eigenvalue weighted by atomic mass is 10.1. The third-order valence-corrected chi connectivity index (χ3v) is 6.87. The summed E-state index contributed by atoms with van der Waals surface area (Å²) < 4.78 is 41.4. The van der Waals surface area contributed by atoms with Crippen molar-refractivity contribution < 1.29 is 37.2 Å². The molecule has 0 saturated heterocycles. The van der Waals surface area contributed by atoms with Crippen molar-refractivity contribution in [1.82, 2.24) is 0 Å². The minimum atomic E-state index is -4.20. The number of phosphoric acid groups is 1. The molecule has 38 heavy (non-hydrogen) atoms. The number of esters is 2. The highest BCUT2D eigenvalue weighted by Gasteiger charge is 2.33. The van der Waals surface area contributed by atoms with Crippen LogP contribution in [0.3, 0.4) is 0 Å². The Morgan fingerprint density at radius 2 is 1.18 bits per heavy atom. The van der Waals surface area contributed by atoms with Gasteiger partial charge < -0.3 is 18.5 Å². The molecule has 0 N–H and O–H groups in total. The van der Waals surface area contributed by atoms with Crippen molar-refractivity contribution in [2.45, 2.75) is 84.2 Å². The van der Waals surface area contributed by atoms with E-state index in [-0.39, 0.29) is 43.5 Å². The van der Waals surface area contributed by atoms with E-state index in [4.69, 9.17) is 23.0 Å². The minimum Gasteiger partial charge on any atom is -0.462 e. The van der Waals surface area contributed by atoms with E-state index in [0.717, 1.165) is 44.9 Å². The van der Waals surface area contributed by atoms with E-state index in [1.54, 1.807) is 60.7 Å². The SMILES string of the molecule is CCCCCCC(=O)OC[C@H](COP(=O)(Oc1ccccc1)Oc1ccccc1)OC(=O)CCCCCC. The number of hydrogen-bond donors (Lipinski definition) is 0. The number of benzene rings is 2. The molecule has 2 rings (SSSR count). The Kier molecular flexibility index (Phi) is 15.2. The fraction of sp³-hybridized carbons (Fsp3) is 0.517. The van der Waals surface area contributed by atoms with E-state index in [0.29, 0.717) is 6.42 Å². The van der Waals surface area contributed by atoms with Gasteiger partial charge in [0.25, 0.3) is 0 Å². The Hall–Kier alpha value is -2.83. The van der Waals surface area contributed by atoms with E-state index in [2.05, 4.69) is 13.8 Å². The van der Waals surface area contributed by atoms with Crippen LogP contribution in [0.25, 0.3) is 0 Å². The average molecular weight is 549 g/mol. The van der Waals surface area contributed by atoms with Gasteiger partial charge in [-0.15, -0.1) is 0 Å². The first-order valence-electron chi connectivity index (χ1n) is 13.5. The van der Waals surface area contributed by atoms with Gasteiger partial charge in [0.05, 0.1) is 0 Å². The van der Waals surface area contributed by atoms with Crippen LogP contribution in [0.4, 0.5) is 0 Å². The van der Waals surface area contributed by atoms with E-state index in [9.17, 15) is 14.2 Å². The van der Waals surface area contributed by atoms with Crippen LogP contribution in [0.1, 0.15) is 78.1 Å². The van der Waals surface area contributed by atoms with Gasteiger partial charge in [0.1, 0.15) is 24.7 Å². The number of unbranched alkanes of at least 4 members (excludes halogenated alkanes) is 6. The lowest BCUT2D eigenvalue weighted by Crippen LogP contribution is -2.30. The van der Waals surface area contributed by atoms with Crippen LogP contribution in [0, 0.1) is 0 Å². The molecule has 0 bridgehead atoms. The summed E-state index contributed by atoms with van der Waals surface area (Å²) in [6, 6.07) is 17.0. The molecule has 2 aromatic carbocycles. The Balaban J connectivity index is 2.05. The summed E-state index contributed by atoms with van der Waals surface area (Å²) in [4.78, 5) is 24.7. The molecule has 0 spiro atoms. The second-order valence-electron chi connectivity index (χ2n) is 8.97. The molecule has 210 valence electrons. The van der Waals surface area contributed by atoms with Gasteiger partial charge in [-0.3, -0.25) is 14.1 Å². The van der Waals surface area contributed by atoms with Gasteiger partial charge in [-0.2, -0.15) is 0 Å². The summed E-state index contributed by atoms with van der Waals surface area (Å²) in [6.45, 7) is 3.63. The Morgan fingerprint density at radius 1 is 0.684 bits per heavy atom. The lowest BCUT2D eigenvalue weighted by Gasteiger charge is -2.22. The zero-order valence-corrected chi connectivity index (χ0v) is 23.4. The summed E-state index contributed by atoms with van der Waals surface area (Å²) in [5.74, 6) is -0.240. The summed E-state index contributed by atoms with van der Waals surface area (Å²) in [6.07, 6.45) is 7.05. The van der Waals surface area contributed by atoms with Crippen molar-refractivity contribution in [2.75, 3.05) is 13.2 Å². The fourth-order valence-electron chi connectivity index (χ4n) is 3.48. The number of hydrogen-bond acceptors (Lipinski definition) is 8. The first-order valence-corrected chi connectivity index (χ1v) is 15.0. The van der Waals surface area contributed by atoms with Gasteiger partial charge in [-0.25, -0.2) is 4.57 Å². The summed E-state index contributed by atoms with van der Waals surface area (Å²) in [5, 5.41) is 0. The molecule has 0 aliphatic carbocycles. The second kappa shape index (κ2) is 18.4. The first-order chi connectivity index (χ1) is 18.4. The molecule has 0 aliphatic heterocycles. The number of carbonyl (C=O) groups is 2. The predicted molar refractivity (Wildman–Crippen MR) is 146 cm³/mol. The van der Waals surface area contributed by atoms with Crippen molar-refractivity contribution in [3.63, 3.8) is 0 Å². The zero-order chi connectivity index (χ0) is 27.5. The van der Waals surface area contributed by atoms with E-state index >= 15 is 0 Å². The van der Waals surface area contributed by atoms with Gasteiger partial charge in [0, 0.05) is 12.8 Å². The molecule has 0 aliphatic rings. The van der Waals surface area contributed by atoms with Crippen molar-refractivity contribution in [3.05, 3.63) is 60.7 Å². The summed E-state index contributed by atoms with van der Waals surface area (Å²) >= 11 is 0. The Morgan fingerprint density at radius 3 is 1.68 bits per heavy atom. The summed E-state index contributed by atoms with van der Waals surface area (Å²) in [7, 11) is -4.20. The number of phosphoric ester groups is 1. The molecular formula is C29H41O8P. The number of carbonyl (C=O) groups excluding carboxylic acids is 2. The highest BCUT2D eigenvalue weighted by molar-refractivity contribution is 7.49. The third kappa shape index (κ3) is 13.6. The standard InChI is InChI=1S/C29H41O8P/c1-3-5-7-15-21-28(30)33-23-27(35-29(31)22-16-8-6-4-2)24-34-38(32,36-25-17-11-9-12-18-25)37-26-19-13-10-14-20-26/h9-14,17-20,27H,3-8,15-16,21-24H2,1-2H3/t27-/m1/s1. The first kappa shape index (κ1) is 31.4. The van der Waals surface area contributed by atoms with Crippen LogP contribution in [0.5, 0.6) is 11.5 Å². The quantitative estimate of drug-likeness (QED) is 0.0945. The molecule has 0 saturated carbocycles. The van der Waals surface area contributed by atoms with Crippen LogP contribution in [0.15, 0.2) is 60.7 Å². The largest absolute Gasteiger partial charge is 0.587 e. The smallest absolute Gasteiger partial charge is 0.462 e. The zero-order valence-electron chi connectivity index (χ0n) is 22.5. The molecule has 0 fully saturated rings. The molecule has 8 nitrogen and oxygen atoms in total. The van der Waals surface area contributed by atoms with Gasteiger partial charge in [0.15, 0.2) is 6.10 Å². The molecule has 0 aromatic heterocycles. The highest BCUT2D eigenvalue weighted by Crippen LogP contribution is 2.49. The van der Waals surface area contributed by atoms with Gasteiger partial charge in [-0.1, -0.05) is 88.8 Å². The van der Waals surface area contributed by atoms with Gasteiger partial charge >= 0.3 is 19.8 Å². The highest BCUT2D eigenvalue weighted by atomic mass is 31.2. The van der Waals surface area contributed by atoms with Gasteiger partial charge in [0.2, 0.25) is 0 Å². The number of rotatable bonds is 20. The molecule has 9 heteroatoms. The molecule has 2 aromatic rings. The van der Waals surface area contributed by atoms with Crippen LogP contribution < -0.4 is 9.05 Å².